The van der Waals surface area contributed by atoms with Crippen molar-refractivity contribution in [2.24, 2.45) is 0 Å². The van der Waals surface area contributed by atoms with Gasteiger partial charge in [0, 0.05) is 19.6 Å². The lowest BCUT2D eigenvalue weighted by Gasteiger charge is -2.24. The van der Waals surface area contributed by atoms with Crippen molar-refractivity contribution < 1.29 is 19.0 Å². The summed E-state index contributed by atoms with van der Waals surface area (Å²) in [6, 6.07) is 0. The summed E-state index contributed by atoms with van der Waals surface area (Å²) in [5, 5.41) is 0. The van der Waals surface area contributed by atoms with Gasteiger partial charge in [-0.15, -0.1) is 0 Å². The van der Waals surface area contributed by atoms with Gasteiger partial charge >= 0.3 is 5.97 Å². The maximum atomic E-state index is 11.2. The number of carbonyl (C=O) groups excluding carboxylic acids is 1. The van der Waals surface area contributed by atoms with Crippen LogP contribution in [0.3, 0.4) is 0 Å². The molecule has 0 radical (unpaired) electrons. The average molecular weight is 212 g/mol. The van der Waals surface area contributed by atoms with E-state index >= 15 is 0 Å². The summed E-state index contributed by atoms with van der Waals surface area (Å²) in [5.74, 6) is -0.322. The maximum absolute atomic E-state index is 11.2. The highest BCUT2D eigenvalue weighted by atomic mass is 16.6. The van der Waals surface area contributed by atoms with Crippen molar-refractivity contribution >= 4 is 5.97 Å². The molecule has 4 nitrogen and oxygen atoms in total. The summed E-state index contributed by atoms with van der Waals surface area (Å²) in [7, 11) is 3.06. The SMILES string of the molecule is COC(=O)/C=C1\CC(OC)CC2OC12C. The lowest BCUT2D eigenvalue weighted by molar-refractivity contribution is -0.134. The van der Waals surface area contributed by atoms with E-state index in [1.807, 2.05) is 6.92 Å². The third-order valence-corrected chi connectivity index (χ3v) is 3.33. The highest BCUT2D eigenvalue weighted by molar-refractivity contribution is 5.83. The molecule has 0 aromatic heterocycles. The second-order valence-electron chi connectivity index (χ2n) is 4.20. The van der Waals surface area contributed by atoms with Crippen LogP contribution in [0.5, 0.6) is 0 Å². The van der Waals surface area contributed by atoms with Gasteiger partial charge < -0.3 is 14.2 Å². The predicted octanol–water partition coefficient (Wildman–Crippen LogP) is 1.05. The Bertz CT molecular complexity index is 310. The van der Waals surface area contributed by atoms with Crippen molar-refractivity contribution in [2.45, 2.75) is 37.6 Å². The van der Waals surface area contributed by atoms with Crippen molar-refractivity contribution in [1.82, 2.24) is 0 Å². The van der Waals surface area contributed by atoms with E-state index in [9.17, 15) is 4.79 Å². The summed E-state index contributed by atoms with van der Waals surface area (Å²) in [5.41, 5.74) is 0.737. The Morgan fingerprint density at radius 1 is 1.60 bits per heavy atom. The first-order chi connectivity index (χ1) is 7.10. The van der Waals surface area contributed by atoms with Gasteiger partial charge in [-0.3, -0.25) is 0 Å². The average Bonchev–Trinajstić information content (AvgIpc) is 2.90. The van der Waals surface area contributed by atoms with Crippen molar-refractivity contribution in [3.05, 3.63) is 11.6 Å². The lowest BCUT2D eigenvalue weighted by atomic mass is 9.83. The zero-order chi connectivity index (χ0) is 11.1. The Balaban J connectivity index is 2.15. The van der Waals surface area contributed by atoms with E-state index in [-0.39, 0.29) is 23.8 Å². The first-order valence-electron chi connectivity index (χ1n) is 5.09. The van der Waals surface area contributed by atoms with Crippen LogP contribution < -0.4 is 0 Å². The topological polar surface area (TPSA) is 48.1 Å². The summed E-state index contributed by atoms with van der Waals surface area (Å²) in [6.45, 7) is 2.01. The largest absolute Gasteiger partial charge is 0.466 e. The molecule has 0 N–H and O–H groups in total. The molecule has 1 aliphatic heterocycles. The zero-order valence-corrected chi connectivity index (χ0v) is 9.28. The van der Waals surface area contributed by atoms with E-state index in [2.05, 4.69) is 4.74 Å². The molecule has 1 saturated heterocycles. The fourth-order valence-corrected chi connectivity index (χ4v) is 2.17. The minimum Gasteiger partial charge on any atom is -0.466 e. The number of hydrogen-bond acceptors (Lipinski definition) is 4. The van der Waals surface area contributed by atoms with Gasteiger partial charge in [-0.05, 0) is 18.9 Å². The van der Waals surface area contributed by atoms with Crippen molar-refractivity contribution in [3.63, 3.8) is 0 Å². The predicted molar refractivity (Wildman–Crippen MR) is 53.4 cm³/mol. The first-order valence-corrected chi connectivity index (χ1v) is 5.09. The smallest absolute Gasteiger partial charge is 0.330 e. The van der Waals surface area contributed by atoms with E-state index in [1.54, 1.807) is 7.11 Å². The number of carbonyl (C=O) groups is 1. The van der Waals surface area contributed by atoms with Crippen LogP contribution in [-0.2, 0) is 19.0 Å². The van der Waals surface area contributed by atoms with E-state index < -0.39 is 0 Å². The Hall–Kier alpha value is -0.870. The van der Waals surface area contributed by atoms with E-state index in [0.29, 0.717) is 0 Å². The molecular formula is C11H16O4. The van der Waals surface area contributed by atoms with Gasteiger partial charge in [-0.1, -0.05) is 0 Å². The van der Waals surface area contributed by atoms with E-state index in [1.165, 1.54) is 13.2 Å². The molecule has 1 saturated carbocycles. The van der Waals surface area contributed by atoms with Crippen LogP contribution in [0.4, 0.5) is 0 Å². The molecule has 84 valence electrons. The summed E-state index contributed by atoms with van der Waals surface area (Å²) < 4.78 is 15.5. The Kier molecular flexibility index (Phi) is 2.56. The van der Waals surface area contributed by atoms with Crippen LogP contribution in [0.1, 0.15) is 19.8 Å². The fraction of sp³-hybridized carbons (Fsp3) is 0.727. The lowest BCUT2D eigenvalue weighted by Crippen LogP contribution is -2.29. The van der Waals surface area contributed by atoms with Crippen LogP contribution in [0, 0.1) is 0 Å². The monoisotopic (exact) mass is 212 g/mol. The Labute approximate surface area is 89.2 Å². The molecule has 1 heterocycles. The van der Waals surface area contributed by atoms with Gasteiger partial charge in [-0.25, -0.2) is 4.79 Å². The highest BCUT2D eigenvalue weighted by Gasteiger charge is 2.58. The van der Waals surface area contributed by atoms with Crippen LogP contribution in [0.15, 0.2) is 11.6 Å². The molecule has 0 aromatic rings. The minimum atomic E-state index is -0.322. The van der Waals surface area contributed by atoms with E-state index in [4.69, 9.17) is 9.47 Å². The van der Waals surface area contributed by atoms with Crippen molar-refractivity contribution in [1.29, 1.82) is 0 Å². The number of ether oxygens (including phenoxy) is 3. The molecule has 3 unspecified atom stereocenters. The Morgan fingerprint density at radius 3 is 2.93 bits per heavy atom. The highest BCUT2D eigenvalue weighted by Crippen LogP contribution is 2.51. The zero-order valence-electron chi connectivity index (χ0n) is 9.28. The molecule has 0 spiro atoms. The van der Waals surface area contributed by atoms with E-state index in [0.717, 1.165) is 18.4 Å². The summed E-state index contributed by atoms with van der Waals surface area (Å²) in [6.07, 6.45) is 3.54. The fourth-order valence-electron chi connectivity index (χ4n) is 2.17. The summed E-state index contributed by atoms with van der Waals surface area (Å²) >= 11 is 0. The molecule has 0 bridgehead atoms. The van der Waals surface area contributed by atoms with Crippen molar-refractivity contribution in [3.8, 4) is 0 Å². The molecule has 0 amide bonds. The normalized spacial score (nSPS) is 41.1. The van der Waals surface area contributed by atoms with Crippen LogP contribution in [0.25, 0.3) is 0 Å². The van der Waals surface area contributed by atoms with Gasteiger partial charge in [0.2, 0.25) is 0 Å². The molecule has 4 heteroatoms. The third kappa shape index (κ3) is 1.79. The minimum absolute atomic E-state index is 0.154. The first kappa shape index (κ1) is 10.6. The quantitative estimate of drug-likeness (QED) is 0.390. The summed E-state index contributed by atoms with van der Waals surface area (Å²) in [4.78, 5) is 11.2. The van der Waals surface area contributed by atoms with Gasteiger partial charge in [0.1, 0.15) is 5.60 Å². The number of epoxide rings is 1. The second kappa shape index (κ2) is 3.61. The number of methoxy groups -OCH3 is 2. The molecular weight excluding hydrogens is 196 g/mol. The number of hydrogen-bond donors (Lipinski definition) is 0. The second-order valence-corrected chi connectivity index (χ2v) is 4.20. The standard InChI is InChI=1S/C11H16O4/c1-11-7(5-10(12)14-3)4-8(13-2)6-9(11)15-11/h5,8-9H,4,6H2,1-3H3/b7-5+. The molecule has 15 heavy (non-hydrogen) atoms. The maximum Gasteiger partial charge on any atom is 0.330 e. The molecule has 2 rings (SSSR count). The van der Waals surface area contributed by atoms with Gasteiger partial charge in [-0.2, -0.15) is 0 Å². The molecule has 2 fully saturated rings. The molecule has 1 aliphatic carbocycles. The number of rotatable bonds is 2. The van der Waals surface area contributed by atoms with Crippen LogP contribution in [0.2, 0.25) is 0 Å². The third-order valence-electron chi connectivity index (χ3n) is 3.33. The number of fused-ring (bicyclic) bond motifs is 1. The molecule has 2 aliphatic rings. The van der Waals surface area contributed by atoms with Crippen molar-refractivity contribution in [2.75, 3.05) is 14.2 Å². The van der Waals surface area contributed by atoms with Gasteiger partial charge in [0.25, 0.3) is 0 Å². The van der Waals surface area contributed by atoms with Crippen LogP contribution >= 0.6 is 0 Å². The number of esters is 1. The van der Waals surface area contributed by atoms with Gasteiger partial charge in [0.05, 0.1) is 19.3 Å². The Morgan fingerprint density at radius 2 is 2.33 bits per heavy atom. The molecule has 3 atom stereocenters. The van der Waals surface area contributed by atoms with Crippen LogP contribution in [-0.4, -0.2) is 38.0 Å². The van der Waals surface area contributed by atoms with Gasteiger partial charge in [0.15, 0.2) is 0 Å². The molecule has 0 aromatic carbocycles.